The van der Waals surface area contributed by atoms with Crippen molar-refractivity contribution in [3.8, 4) is 11.4 Å². The summed E-state index contributed by atoms with van der Waals surface area (Å²) in [6.07, 6.45) is -1.40. The van der Waals surface area contributed by atoms with E-state index in [0.717, 1.165) is 42.5 Å². The summed E-state index contributed by atoms with van der Waals surface area (Å²) < 4.78 is 41.2. The standard InChI is InChI=1S/C27H26F3N5O2/c1-15-5-3-7-18(13-15)25-34-23-21(35(25)14-17-9-11-19(12-10-17)27(28,29)30)22(32-24(33-23)26(36)37)31-20-8-4-6-16(20)2/h3,5,7,9-13,16,20H,4,6,8,14H2,1-2H3,(H,36,37)(H,31,32,33). The number of alkyl halides is 3. The molecular weight excluding hydrogens is 483 g/mol. The number of carboxylic acids is 1. The van der Waals surface area contributed by atoms with E-state index in [0.29, 0.717) is 28.6 Å². The van der Waals surface area contributed by atoms with E-state index < -0.39 is 17.7 Å². The molecule has 0 radical (unpaired) electrons. The average Bonchev–Trinajstić information content (AvgIpc) is 3.42. The van der Waals surface area contributed by atoms with Crippen LogP contribution in [0.4, 0.5) is 19.0 Å². The minimum Gasteiger partial charge on any atom is -0.475 e. The van der Waals surface area contributed by atoms with E-state index in [-0.39, 0.29) is 24.1 Å². The van der Waals surface area contributed by atoms with E-state index in [1.807, 2.05) is 35.8 Å². The Balaban J connectivity index is 1.69. The number of hydrogen-bond acceptors (Lipinski definition) is 5. The number of aryl methyl sites for hydroxylation is 1. The van der Waals surface area contributed by atoms with Crippen LogP contribution in [0.15, 0.2) is 48.5 Å². The molecule has 2 heterocycles. The summed E-state index contributed by atoms with van der Waals surface area (Å²) in [7, 11) is 0. The Labute approximate surface area is 211 Å². The number of anilines is 1. The lowest BCUT2D eigenvalue weighted by molar-refractivity contribution is -0.137. The molecule has 1 fully saturated rings. The first-order chi connectivity index (χ1) is 17.6. The van der Waals surface area contributed by atoms with Crippen LogP contribution in [0.25, 0.3) is 22.6 Å². The van der Waals surface area contributed by atoms with Crippen LogP contribution in [0.3, 0.4) is 0 Å². The molecule has 4 aromatic rings. The molecule has 1 aliphatic rings. The average molecular weight is 510 g/mol. The zero-order valence-corrected chi connectivity index (χ0v) is 20.4. The highest BCUT2D eigenvalue weighted by Gasteiger charge is 2.30. The monoisotopic (exact) mass is 509 g/mol. The van der Waals surface area contributed by atoms with Crippen molar-refractivity contribution in [3.63, 3.8) is 0 Å². The molecule has 0 spiro atoms. The molecule has 1 aliphatic carbocycles. The van der Waals surface area contributed by atoms with Crippen LogP contribution in [0.1, 0.15) is 53.5 Å². The Bertz CT molecular complexity index is 1460. The number of benzene rings is 2. The second-order valence-electron chi connectivity index (χ2n) is 9.62. The summed E-state index contributed by atoms with van der Waals surface area (Å²) in [5, 5.41) is 13.1. The van der Waals surface area contributed by atoms with Crippen molar-refractivity contribution in [2.45, 2.75) is 51.9 Å². The number of rotatable bonds is 6. The van der Waals surface area contributed by atoms with Gasteiger partial charge in [0.25, 0.3) is 0 Å². The van der Waals surface area contributed by atoms with Gasteiger partial charge in [0.15, 0.2) is 11.5 Å². The predicted molar refractivity (Wildman–Crippen MR) is 133 cm³/mol. The van der Waals surface area contributed by atoms with Crippen molar-refractivity contribution < 1.29 is 23.1 Å². The number of aromatic carboxylic acids is 1. The lowest BCUT2D eigenvalue weighted by Gasteiger charge is -2.20. The van der Waals surface area contributed by atoms with Crippen LogP contribution in [0, 0.1) is 12.8 Å². The van der Waals surface area contributed by atoms with E-state index in [9.17, 15) is 23.1 Å². The Morgan fingerprint density at radius 3 is 2.49 bits per heavy atom. The third-order valence-electron chi connectivity index (χ3n) is 6.88. The lowest BCUT2D eigenvalue weighted by Crippen LogP contribution is -2.24. The summed E-state index contributed by atoms with van der Waals surface area (Å²) >= 11 is 0. The predicted octanol–water partition coefficient (Wildman–Crippen LogP) is 6.17. The fourth-order valence-electron chi connectivity index (χ4n) is 4.91. The van der Waals surface area contributed by atoms with Gasteiger partial charge < -0.3 is 15.0 Å². The normalized spacial score (nSPS) is 17.9. The van der Waals surface area contributed by atoms with E-state index in [2.05, 4.69) is 22.2 Å². The molecule has 2 unspecified atom stereocenters. The van der Waals surface area contributed by atoms with Crippen molar-refractivity contribution in [1.29, 1.82) is 0 Å². The molecule has 0 bridgehead atoms. The van der Waals surface area contributed by atoms with Gasteiger partial charge in [0, 0.05) is 18.2 Å². The van der Waals surface area contributed by atoms with E-state index in [4.69, 9.17) is 4.98 Å². The number of halogens is 3. The molecule has 2 aromatic carbocycles. The molecular formula is C27H26F3N5O2. The largest absolute Gasteiger partial charge is 0.475 e. The van der Waals surface area contributed by atoms with Crippen LogP contribution in [0.5, 0.6) is 0 Å². The minimum absolute atomic E-state index is 0.108. The summed E-state index contributed by atoms with van der Waals surface area (Å²) in [4.78, 5) is 25.1. The number of carboxylic acid groups (broad SMARTS) is 1. The van der Waals surface area contributed by atoms with E-state index in [1.54, 1.807) is 0 Å². The zero-order chi connectivity index (χ0) is 26.3. The first kappa shape index (κ1) is 24.7. The number of imidazole rings is 1. The van der Waals surface area contributed by atoms with E-state index >= 15 is 0 Å². The molecule has 0 saturated heterocycles. The van der Waals surface area contributed by atoms with Gasteiger partial charge in [-0.05, 0) is 49.4 Å². The molecule has 2 atom stereocenters. The van der Waals surface area contributed by atoms with Crippen molar-refractivity contribution in [1.82, 2.24) is 19.5 Å². The Kier molecular flexibility index (Phi) is 6.35. The molecule has 7 nitrogen and oxygen atoms in total. The number of nitrogens with one attached hydrogen (secondary N) is 1. The fraction of sp³-hybridized carbons (Fsp3) is 0.333. The molecule has 2 N–H and O–H groups in total. The van der Waals surface area contributed by atoms with Gasteiger partial charge in [-0.15, -0.1) is 0 Å². The Morgan fingerprint density at radius 2 is 1.86 bits per heavy atom. The summed E-state index contributed by atoms with van der Waals surface area (Å²) in [6.45, 7) is 4.28. The number of nitrogens with zero attached hydrogens (tertiary/aromatic N) is 4. The minimum atomic E-state index is -4.43. The number of aromatic nitrogens is 4. The van der Waals surface area contributed by atoms with Gasteiger partial charge in [0.2, 0.25) is 5.82 Å². The van der Waals surface area contributed by atoms with Crippen LogP contribution in [-0.2, 0) is 12.7 Å². The Hall–Kier alpha value is -3.95. The second kappa shape index (κ2) is 9.49. The molecule has 10 heteroatoms. The summed E-state index contributed by atoms with van der Waals surface area (Å²) in [5.74, 6) is -0.368. The summed E-state index contributed by atoms with van der Waals surface area (Å²) in [6, 6.07) is 12.8. The van der Waals surface area contributed by atoms with Gasteiger partial charge in [-0.2, -0.15) is 13.2 Å². The quantitative estimate of drug-likeness (QED) is 0.323. The first-order valence-corrected chi connectivity index (χ1v) is 12.1. The van der Waals surface area contributed by atoms with Crippen molar-refractivity contribution in [3.05, 3.63) is 71.0 Å². The SMILES string of the molecule is Cc1cccc(-c2nc3nc(C(=O)O)nc(NC4CCCC4C)c3n2Cc2ccc(C(F)(F)F)cc2)c1. The second-order valence-corrected chi connectivity index (χ2v) is 9.62. The third-order valence-corrected chi connectivity index (χ3v) is 6.88. The number of carbonyl (C=O) groups is 1. The van der Waals surface area contributed by atoms with Crippen LogP contribution >= 0.6 is 0 Å². The highest BCUT2D eigenvalue weighted by molar-refractivity contribution is 5.92. The third kappa shape index (κ3) is 5.00. The molecule has 0 amide bonds. The van der Waals surface area contributed by atoms with Gasteiger partial charge >= 0.3 is 12.1 Å². The molecule has 5 rings (SSSR count). The highest BCUT2D eigenvalue weighted by atomic mass is 19.4. The van der Waals surface area contributed by atoms with Gasteiger partial charge in [-0.1, -0.05) is 49.2 Å². The van der Waals surface area contributed by atoms with Gasteiger partial charge in [0.1, 0.15) is 11.3 Å². The fourth-order valence-corrected chi connectivity index (χ4v) is 4.91. The molecule has 2 aromatic heterocycles. The maximum absolute atomic E-state index is 13.1. The molecule has 1 saturated carbocycles. The molecule has 0 aliphatic heterocycles. The van der Waals surface area contributed by atoms with Gasteiger partial charge in [-0.3, -0.25) is 0 Å². The first-order valence-electron chi connectivity index (χ1n) is 12.1. The maximum Gasteiger partial charge on any atom is 0.416 e. The van der Waals surface area contributed by atoms with Crippen LogP contribution in [0.2, 0.25) is 0 Å². The smallest absolute Gasteiger partial charge is 0.416 e. The van der Waals surface area contributed by atoms with Crippen LogP contribution < -0.4 is 5.32 Å². The van der Waals surface area contributed by atoms with Gasteiger partial charge in [0.05, 0.1) is 5.56 Å². The topological polar surface area (TPSA) is 92.9 Å². The maximum atomic E-state index is 13.1. The molecule has 37 heavy (non-hydrogen) atoms. The van der Waals surface area contributed by atoms with Crippen molar-refractivity contribution >= 4 is 23.0 Å². The summed E-state index contributed by atoms with van der Waals surface area (Å²) in [5.41, 5.74) is 2.41. The number of hydrogen-bond donors (Lipinski definition) is 2. The zero-order valence-electron chi connectivity index (χ0n) is 20.4. The van der Waals surface area contributed by atoms with Crippen molar-refractivity contribution in [2.24, 2.45) is 5.92 Å². The van der Waals surface area contributed by atoms with Crippen molar-refractivity contribution in [2.75, 3.05) is 5.32 Å². The molecule has 192 valence electrons. The Morgan fingerprint density at radius 1 is 1.11 bits per heavy atom. The van der Waals surface area contributed by atoms with E-state index in [1.165, 1.54) is 12.1 Å². The lowest BCUT2D eigenvalue weighted by atomic mass is 10.1. The van der Waals surface area contributed by atoms with Gasteiger partial charge in [-0.25, -0.2) is 19.7 Å². The van der Waals surface area contributed by atoms with Crippen LogP contribution in [-0.4, -0.2) is 36.6 Å². The number of fused-ring (bicyclic) bond motifs is 1. The highest BCUT2D eigenvalue weighted by Crippen LogP contribution is 2.34.